The summed E-state index contributed by atoms with van der Waals surface area (Å²) in [5.41, 5.74) is 0.0554. The number of cyclic esters (lactones) is 1. The van der Waals surface area contributed by atoms with Crippen molar-refractivity contribution in [3.05, 3.63) is 11.6 Å². The lowest BCUT2D eigenvalue weighted by Gasteiger charge is -2.64. The van der Waals surface area contributed by atoms with Gasteiger partial charge in [-0.2, -0.15) is 5.06 Å². The van der Waals surface area contributed by atoms with Gasteiger partial charge in [-0.3, -0.25) is 9.63 Å². The number of nitrogens with one attached hydrogen (secondary N) is 1. The molecule has 0 aromatic rings. The minimum atomic E-state index is -1.35. The number of nitrogens with zero attached hydrogens (tertiary/aromatic N) is 1. The van der Waals surface area contributed by atoms with Crippen LogP contribution in [0.5, 0.6) is 0 Å². The summed E-state index contributed by atoms with van der Waals surface area (Å²) in [5.74, 6) is 0.536. The predicted molar refractivity (Wildman–Crippen MR) is 154 cm³/mol. The van der Waals surface area contributed by atoms with E-state index in [1.165, 1.54) is 6.92 Å². The highest BCUT2D eigenvalue weighted by Gasteiger charge is 2.68. The van der Waals surface area contributed by atoms with Crippen molar-refractivity contribution in [2.75, 3.05) is 20.3 Å². The highest BCUT2D eigenvalue weighted by atomic mass is 16.7. The average Bonchev–Trinajstić information content (AvgIpc) is 3.52. The molecule has 4 saturated carbocycles. The Morgan fingerprint density at radius 2 is 1.86 bits per heavy atom. The van der Waals surface area contributed by atoms with Crippen LogP contribution in [0, 0.1) is 34.5 Å². The fourth-order valence-corrected chi connectivity index (χ4v) is 10.8. The molecule has 4 unspecified atom stereocenters. The van der Waals surface area contributed by atoms with Crippen molar-refractivity contribution in [3.63, 3.8) is 0 Å². The van der Waals surface area contributed by atoms with Crippen LogP contribution in [0.4, 0.5) is 0 Å². The molecule has 242 valence electrons. The molecule has 11 nitrogen and oxygen atoms in total. The number of ether oxygens (including phenoxy) is 2. The molecule has 0 radical (unpaired) electrons. The molecule has 0 spiro atoms. The number of hydrogen-bond acceptors (Lipinski definition) is 10. The lowest BCUT2D eigenvalue weighted by Crippen LogP contribution is -2.69. The van der Waals surface area contributed by atoms with Gasteiger partial charge in [-0.1, -0.05) is 13.8 Å². The van der Waals surface area contributed by atoms with Crippen LogP contribution >= 0.6 is 0 Å². The zero-order valence-corrected chi connectivity index (χ0v) is 25.9. The van der Waals surface area contributed by atoms with Gasteiger partial charge in [0.1, 0.15) is 24.9 Å². The normalized spacial score (nSPS) is 49.5. The van der Waals surface area contributed by atoms with Crippen molar-refractivity contribution < 1.29 is 44.3 Å². The van der Waals surface area contributed by atoms with Crippen LogP contribution in [0.1, 0.15) is 78.6 Å². The number of aliphatic hydroxyl groups is 4. The Bertz CT molecular complexity index is 1130. The number of carbonyl (C=O) groups is 2. The molecule has 0 aromatic carbocycles. The van der Waals surface area contributed by atoms with Gasteiger partial charge in [-0.25, -0.2) is 4.79 Å². The van der Waals surface area contributed by atoms with Gasteiger partial charge in [0.05, 0.1) is 25.4 Å². The monoisotopic (exact) mass is 606 g/mol. The summed E-state index contributed by atoms with van der Waals surface area (Å²) in [5, 5.41) is 48.2. The Kier molecular flexibility index (Phi) is 8.27. The second-order valence-electron chi connectivity index (χ2n) is 14.7. The standard InChI is InChI=1S/C32H50N2O9/c1-17(36)33-26-28(39)27(38)24(15-35)43-29(26)34(41-4)20-7-10-30(2)19(14-20)5-6-23-22(30)8-11-31(3)21(9-12-32(23,31)40)18-13-25(37)42-16-18/h13,19-24,26-29,35,38-40H,5-12,14-16H2,1-4H3,(H,33,36)/t19?,20-,21+,22?,23?,24+,26+,27-,28+,29?,30-,31+,32-/m0/s1. The number of aliphatic hydroxyl groups excluding tert-OH is 3. The lowest BCUT2D eigenvalue weighted by molar-refractivity contribution is -0.324. The molecule has 5 fully saturated rings. The van der Waals surface area contributed by atoms with E-state index >= 15 is 0 Å². The van der Waals surface area contributed by atoms with Crippen LogP contribution in [0.15, 0.2) is 11.6 Å². The van der Waals surface area contributed by atoms with Gasteiger partial charge in [-0.05, 0) is 92.4 Å². The van der Waals surface area contributed by atoms with Gasteiger partial charge >= 0.3 is 5.97 Å². The summed E-state index contributed by atoms with van der Waals surface area (Å²) in [7, 11) is 1.55. The van der Waals surface area contributed by atoms with E-state index in [-0.39, 0.29) is 40.6 Å². The maximum atomic E-state index is 12.5. The molecule has 1 saturated heterocycles. The largest absolute Gasteiger partial charge is 0.458 e. The summed E-state index contributed by atoms with van der Waals surface area (Å²) < 4.78 is 11.3. The van der Waals surface area contributed by atoms with E-state index in [9.17, 15) is 30.0 Å². The van der Waals surface area contributed by atoms with E-state index in [2.05, 4.69) is 19.2 Å². The van der Waals surface area contributed by atoms with Crippen molar-refractivity contribution in [2.45, 2.75) is 121 Å². The third kappa shape index (κ3) is 4.80. The van der Waals surface area contributed by atoms with Gasteiger partial charge < -0.3 is 35.2 Å². The fourth-order valence-electron chi connectivity index (χ4n) is 10.8. The summed E-state index contributed by atoms with van der Waals surface area (Å²) in [6.45, 7) is 5.88. The van der Waals surface area contributed by atoms with Gasteiger partial charge in [0.25, 0.3) is 0 Å². The van der Waals surface area contributed by atoms with Gasteiger partial charge in [0.2, 0.25) is 5.91 Å². The van der Waals surface area contributed by atoms with Crippen molar-refractivity contribution >= 4 is 11.9 Å². The minimum absolute atomic E-state index is 0.0491. The number of fused-ring (bicyclic) bond motifs is 5. The molecule has 0 aromatic heterocycles. The summed E-state index contributed by atoms with van der Waals surface area (Å²) in [6, 6.07) is -0.988. The Labute approximate surface area is 253 Å². The zero-order chi connectivity index (χ0) is 30.9. The summed E-state index contributed by atoms with van der Waals surface area (Å²) >= 11 is 0. The molecular formula is C32H50N2O9. The maximum Gasteiger partial charge on any atom is 0.331 e. The van der Waals surface area contributed by atoms with Crippen LogP contribution in [0.3, 0.4) is 0 Å². The molecule has 5 N–H and O–H groups in total. The first kappa shape index (κ1) is 31.4. The first-order valence-electron chi connectivity index (χ1n) is 16.2. The van der Waals surface area contributed by atoms with Crippen molar-refractivity contribution in [1.82, 2.24) is 10.4 Å². The quantitative estimate of drug-likeness (QED) is 0.221. The van der Waals surface area contributed by atoms with Crippen LogP contribution < -0.4 is 5.32 Å². The summed E-state index contributed by atoms with van der Waals surface area (Å²) in [4.78, 5) is 29.8. The van der Waals surface area contributed by atoms with E-state index in [0.29, 0.717) is 18.4 Å². The van der Waals surface area contributed by atoms with Crippen molar-refractivity contribution in [3.8, 4) is 0 Å². The van der Waals surface area contributed by atoms with Crippen LogP contribution in [-0.2, 0) is 23.9 Å². The van der Waals surface area contributed by atoms with Gasteiger partial charge in [-0.15, -0.1) is 0 Å². The molecule has 6 aliphatic rings. The van der Waals surface area contributed by atoms with Crippen LogP contribution in [0.25, 0.3) is 0 Å². The third-order valence-electron chi connectivity index (χ3n) is 13.0. The van der Waals surface area contributed by atoms with Crippen LogP contribution in [0.2, 0.25) is 0 Å². The second-order valence-corrected chi connectivity index (χ2v) is 14.7. The molecular weight excluding hydrogens is 556 g/mol. The van der Waals surface area contributed by atoms with E-state index < -0.39 is 42.8 Å². The van der Waals surface area contributed by atoms with E-state index in [4.69, 9.17) is 14.3 Å². The molecule has 43 heavy (non-hydrogen) atoms. The Morgan fingerprint density at radius 1 is 1.09 bits per heavy atom. The Hall–Kier alpha value is -1.60. The first-order valence-corrected chi connectivity index (χ1v) is 16.2. The number of hydroxylamine groups is 2. The lowest BCUT2D eigenvalue weighted by atomic mass is 9.43. The SMILES string of the molecule is CON(C1O[C@H](CO)[C@H](O)[C@H](O)[C@H]1NC(C)=O)[C@H]1CC[C@@]2(C)C(CCC3C2CC[C@]2(C)[C@@H](C4=CC(=O)OC4)CC[C@]32O)C1. The van der Waals surface area contributed by atoms with Gasteiger partial charge in [0.15, 0.2) is 6.23 Å². The number of carbonyl (C=O) groups excluding carboxylic acids is 2. The van der Waals surface area contributed by atoms with Gasteiger partial charge in [0, 0.05) is 24.5 Å². The zero-order valence-electron chi connectivity index (χ0n) is 25.9. The highest BCUT2D eigenvalue weighted by Crippen LogP contribution is 2.70. The Morgan fingerprint density at radius 3 is 2.51 bits per heavy atom. The Balaban J connectivity index is 1.20. The number of amides is 1. The molecule has 0 bridgehead atoms. The van der Waals surface area contributed by atoms with E-state index in [1.54, 1.807) is 18.2 Å². The topological polar surface area (TPSA) is 158 Å². The van der Waals surface area contributed by atoms with Crippen molar-refractivity contribution in [1.29, 1.82) is 0 Å². The summed E-state index contributed by atoms with van der Waals surface area (Å²) in [6.07, 6.45) is 5.22. The molecule has 6 rings (SSSR count). The first-order chi connectivity index (χ1) is 20.4. The van der Waals surface area contributed by atoms with E-state index in [0.717, 1.165) is 63.4 Å². The fraction of sp³-hybridized carbons (Fsp3) is 0.875. The minimum Gasteiger partial charge on any atom is -0.458 e. The molecule has 2 heterocycles. The highest BCUT2D eigenvalue weighted by molar-refractivity contribution is 5.85. The molecule has 13 atom stereocenters. The maximum absolute atomic E-state index is 12.5. The molecule has 1 amide bonds. The molecule has 11 heteroatoms. The third-order valence-corrected chi connectivity index (χ3v) is 13.0. The average molecular weight is 607 g/mol. The number of hydrogen-bond donors (Lipinski definition) is 5. The molecule has 2 aliphatic heterocycles. The number of rotatable bonds is 6. The van der Waals surface area contributed by atoms with Crippen LogP contribution in [-0.4, -0.2) is 99.9 Å². The molecule has 4 aliphatic carbocycles. The van der Waals surface area contributed by atoms with Crippen molar-refractivity contribution in [2.24, 2.45) is 34.5 Å². The predicted octanol–water partition coefficient (Wildman–Crippen LogP) is 1.42. The van der Waals surface area contributed by atoms with E-state index in [1.807, 2.05) is 0 Å². The smallest absolute Gasteiger partial charge is 0.331 e. The second kappa shape index (κ2) is 11.3. The number of esters is 1.